The molecule has 0 aliphatic rings. The second-order valence-corrected chi connectivity index (χ2v) is 1.50. The molecule has 0 spiro atoms. The first-order valence-electron chi connectivity index (χ1n) is 1.50. The Balaban J connectivity index is -0.0000000450. The summed E-state index contributed by atoms with van der Waals surface area (Å²) in [7, 11) is 0. The molecule has 6 heavy (non-hydrogen) atoms. The Morgan fingerprint density at radius 2 is 1.00 bits per heavy atom. The molecule has 0 radical (unpaired) electrons. The second kappa shape index (κ2) is 9.53. The molecule has 0 N–H and O–H groups in total. The van der Waals surface area contributed by atoms with Crippen LogP contribution in [0.3, 0.4) is 0 Å². The molecule has 0 rings (SSSR count). The van der Waals surface area contributed by atoms with Crippen LogP contribution in [0.5, 0.6) is 0 Å². The Morgan fingerprint density at radius 3 is 1.00 bits per heavy atom. The third kappa shape index (κ3) is 60.9. The van der Waals surface area contributed by atoms with Gasteiger partial charge in [-0.25, -0.2) is 0 Å². The van der Waals surface area contributed by atoms with Crippen LogP contribution in [0.1, 0.15) is 20.8 Å². The van der Waals surface area contributed by atoms with E-state index in [-0.39, 0.29) is 40.0 Å². The van der Waals surface area contributed by atoms with Crippen LogP contribution < -0.4 is 17.0 Å². The van der Waals surface area contributed by atoms with E-state index in [0.29, 0.717) is 0 Å². The third-order valence-electron chi connectivity index (χ3n) is 0. The van der Waals surface area contributed by atoms with Gasteiger partial charge in [0.25, 0.3) is 0 Å². The summed E-state index contributed by atoms with van der Waals surface area (Å²) in [5.74, 6) is 1.42. The number of rotatable bonds is 0. The Kier molecular flexibility index (Phi) is 24.9. The molecular formula is C4H9BrMg. The average molecular weight is 161 g/mol. The first-order chi connectivity index (χ1) is 1.73. The van der Waals surface area contributed by atoms with Crippen molar-refractivity contribution in [3.05, 3.63) is 5.92 Å². The zero-order chi connectivity index (χ0) is 3.58. The molecule has 0 bridgehead atoms. The fraction of sp³-hybridized carbons (Fsp3) is 0.750. The molecule has 0 amide bonds. The minimum Gasteiger partial charge on any atom is -1.00 e. The van der Waals surface area contributed by atoms with E-state index in [9.17, 15) is 0 Å². The maximum absolute atomic E-state index is 2.08. The minimum atomic E-state index is 0. The van der Waals surface area contributed by atoms with Gasteiger partial charge < -0.3 is 22.9 Å². The van der Waals surface area contributed by atoms with Crippen LogP contribution in [0.15, 0.2) is 0 Å². The molecule has 2 heteroatoms. The van der Waals surface area contributed by atoms with Gasteiger partial charge >= 0.3 is 23.1 Å². The van der Waals surface area contributed by atoms with Crippen LogP contribution in [0, 0.1) is 5.92 Å². The van der Waals surface area contributed by atoms with E-state index < -0.39 is 0 Å². The van der Waals surface area contributed by atoms with Crippen molar-refractivity contribution in [3.8, 4) is 0 Å². The largest absolute Gasteiger partial charge is 2.00 e. The first kappa shape index (κ1) is 15.7. The monoisotopic (exact) mass is 160 g/mol. The first-order valence-corrected chi connectivity index (χ1v) is 1.50. The summed E-state index contributed by atoms with van der Waals surface area (Å²) in [5.41, 5.74) is 0. The molecule has 0 unspecified atom stereocenters. The molecule has 0 aromatic carbocycles. The molecule has 0 aliphatic carbocycles. The molecule has 0 fully saturated rings. The Bertz CT molecular complexity index is 12.3. The van der Waals surface area contributed by atoms with Crippen LogP contribution in [0.25, 0.3) is 0 Å². The van der Waals surface area contributed by atoms with E-state index in [4.69, 9.17) is 0 Å². The summed E-state index contributed by atoms with van der Waals surface area (Å²) < 4.78 is 0. The average Bonchev–Trinajstić information content (AvgIpc) is 0.811. The van der Waals surface area contributed by atoms with Crippen molar-refractivity contribution in [3.63, 3.8) is 0 Å². The zero-order valence-electron chi connectivity index (χ0n) is 4.59. The second-order valence-electron chi connectivity index (χ2n) is 1.50. The van der Waals surface area contributed by atoms with Crippen LogP contribution >= 0.6 is 0 Å². The SMILES string of the molecule is C[C-](C)C.[Br-].[Mg+2]. The van der Waals surface area contributed by atoms with Gasteiger partial charge in [-0.15, -0.1) is 0 Å². The van der Waals surface area contributed by atoms with Gasteiger partial charge in [0.15, 0.2) is 0 Å². The van der Waals surface area contributed by atoms with Crippen molar-refractivity contribution >= 4 is 23.1 Å². The number of halogens is 1. The standard InChI is InChI=1S/C4H9.BrH.Mg/c1-4(2)3;;/h1-3H3;1H;/q-1;;+2/p-1. The zero-order valence-corrected chi connectivity index (χ0v) is 7.59. The Hall–Kier alpha value is 1.25. The van der Waals surface area contributed by atoms with Crippen molar-refractivity contribution in [2.24, 2.45) is 0 Å². The Morgan fingerprint density at radius 1 is 1.00 bits per heavy atom. The van der Waals surface area contributed by atoms with Crippen LogP contribution in [0.2, 0.25) is 0 Å². The van der Waals surface area contributed by atoms with Crippen molar-refractivity contribution in [2.75, 3.05) is 0 Å². The summed E-state index contributed by atoms with van der Waals surface area (Å²) in [4.78, 5) is 0. The van der Waals surface area contributed by atoms with E-state index in [1.165, 1.54) is 5.92 Å². The summed E-state index contributed by atoms with van der Waals surface area (Å²) in [5, 5.41) is 0. The fourth-order valence-corrected chi connectivity index (χ4v) is 0. The maximum Gasteiger partial charge on any atom is 2.00 e. The minimum absolute atomic E-state index is 0. The van der Waals surface area contributed by atoms with Gasteiger partial charge in [-0.3, -0.25) is 0 Å². The van der Waals surface area contributed by atoms with Crippen molar-refractivity contribution < 1.29 is 17.0 Å². The molecule has 0 aromatic heterocycles. The fourth-order valence-electron chi connectivity index (χ4n) is 0. The van der Waals surface area contributed by atoms with Crippen LogP contribution in [-0.4, -0.2) is 23.1 Å². The van der Waals surface area contributed by atoms with Gasteiger partial charge in [0, 0.05) is 0 Å². The summed E-state index contributed by atoms with van der Waals surface area (Å²) in [6.45, 7) is 6.25. The van der Waals surface area contributed by atoms with E-state index in [0.717, 1.165) is 0 Å². The van der Waals surface area contributed by atoms with E-state index in [1.807, 2.05) is 0 Å². The summed E-state index contributed by atoms with van der Waals surface area (Å²) in [6, 6.07) is 0. The molecule has 0 aliphatic heterocycles. The smallest absolute Gasteiger partial charge is 1.00 e. The molecule has 0 atom stereocenters. The number of hydrogen-bond donors (Lipinski definition) is 0. The Labute approximate surface area is 66.6 Å². The van der Waals surface area contributed by atoms with Crippen LogP contribution in [0.4, 0.5) is 0 Å². The normalized spacial score (nSPS) is 6.00. The van der Waals surface area contributed by atoms with E-state index in [1.54, 1.807) is 0 Å². The van der Waals surface area contributed by atoms with Gasteiger partial charge in [0.2, 0.25) is 0 Å². The van der Waals surface area contributed by atoms with E-state index in [2.05, 4.69) is 20.8 Å². The molecule has 0 aromatic rings. The number of hydrogen-bond acceptors (Lipinski definition) is 0. The van der Waals surface area contributed by atoms with Crippen molar-refractivity contribution in [2.45, 2.75) is 20.8 Å². The predicted molar refractivity (Wildman–Crippen MR) is 26.0 cm³/mol. The van der Waals surface area contributed by atoms with Gasteiger partial charge in [-0.1, -0.05) is 0 Å². The van der Waals surface area contributed by atoms with Crippen LogP contribution in [-0.2, 0) is 0 Å². The maximum atomic E-state index is 2.08. The molecule has 34 valence electrons. The quantitative estimate of drug-likeness (QED) is 0.292. The van der Waals surface area contributed by atoms with Crippen molar-refractivity contribution in [1.82, 2.24) is 0 Å². The van der Waals surface area contributed by atoms with Crippen molar-refractivity contribution in [1.29, 1.82) is 0 Å². The molecular weight excluding hydrogens is 152 g/mol. The molecule has 0 saturated heterocycles. The van der Waals surface area contributed by atoms with Gasteiger partial charge in [-0.2, -0.15) is 20.8 Å². The molecule has 0 nitrogen and oxygen atoms in total. The predicted octanol–water partition coefficient (Wildman–Crippen LogP) is -1.76. The van der Waals surface area contributed by atoms with Gasteiger partial charge in [0.05, 0.1) is 0 Å². The molecule has 0 saturated carbocycles. The molecule has 0 heterocycles. The van der Waals surface area contributed by atoms with E-state index >= 15 is 0 Å². The summed E-state index contributed by atoms with van der Waals surface area (Å²) >= 11 is 0. The van der Waals surface area contributed by atoms with Gasteiger partial charge in [-0.05, 0) is 0 Å². The third-order valence-corrected chi connectivity index (χ3v) is 0. The topological polar surface area (TPSA) is 0 Å². The van der Waals surface area contributed by atoms with Gasteiger partial charge in [0.1, 0.15) is 0 Å². The summed E-state index contributed by atoms with van der Waals surface area (Å²) in [6.07, 6.45) is 0.